The van der Waals surface area contributed by atoms with E-state index in [0.29, 0.717) is 0 Å². The molecular weight excluding hydrogens is 372 g/mol. The number of alkyl halides is 1. The van der Waals surface area contributed by atoms with Gasteiger partial charge in [0.1, 0.15) is 5.75 Å². The molecule has 1 aromatic carbocycles. The van der Waals surface area contributed by atoms with Crippen LogP contribution in [0.25, 0.3) is 0 Å². The van der Waals surface area contributed by atoms with Crippen molar-refractivity contribution in [1.29, 1.82) is 0 Å². The molecule has 1 aliphatic rings. The summed E-state index contributed by atoms with van der Waals surface area (Å²) < 4.78 is 5.89. The maximum Gasteiger partial charge on any atom is 0.119 e. The predicted molar refractivity (Wildman–Crippen MR) is 113 cm³/mol. The van der Waals surface area contributed by atoms with Gasteiger partial charge in [0.05, 0.1) is 6.61 Å². The largest absolute Gasteiger partial charge is 0.494 e. The van der Waals surface area contributed by atoms with Gasteiger partial charge >= 0.3 is 0 Å². The molecule has 0 bridgehead atoms. The van der Waals surface area contributed by atoms with E-state index in [9.17, 15) is 0 Å². The number of rotatable bonds is 12. The van der Waals surface area contributed by atoms with Gasteiger partial charge < -0.3 is 4.74 Å². The van der Waals surface area contributed by atoms with Gasteiger partial charge in [-0.1, -0.05) is 73.5 Å². The molecular formula is C23H37BrO. The van der Waals surface area contributed by atoms with Crippen molar-refractivity contribution in [2.24, 2.45) is 5.92 Å². The fourth-order valence-electron chi connectivity index (χ4n) is 4.04. The van der Waals surface area contributed by atoms with Crippen LogP contribution in [0.5, 0.6) is 5.75 Å². The zero-order valence-corrected chi connectivity index (χ0v) is 17.7. The number of ether oxygens (including phenoxy) is 1. The summed E-state index contributed by atoms with van der Waals surface area (Å²) in [5, 5.41) is 1.12. The number of halogens is 1. The lowest BCUT2D eigenvalue weighted by Gasteiger charge is -2.29. The quantitative estimate of drug-likeness (QED) is 0.252. The molecule has 2 heteroatoms. The topological polar surface area (TPSA) is 9.23 Å². The van der Waals surface area contributed by atoms with Gasteiger partial charge in [0, 0.05) is 5.33 Å². The molecule has 0 radical (unpaired) electrons. The molecule has 0 amide bonds. The molecule has 0 spiro atoms. The molecule has 0 aromatic heterocycles. The molecule has 0 saturated heterocycles. The number of unbranched alkanes of at least 4 members (excludes halogenated alkanes) is 5. The minimum atomic E-state index is 0.778. The van der Waals surface area contributed by atoms with Gasteiger partial charge in [0.15, 0.2) is 0 Å². The molecule has 1 aromatic rings. The van der Waals surface area contributed by atoms with Crippen molar-refractivity contribution in [2.75, 3.05) is 11.9 Å². The van der Waals surface area contributed by atoms with Gasteiger partial charge in [-0.3, -0.25) is 0 Å². The molecule has 0 N–H and O–H groups in total. The van der Waals surface area contributed by atoms with E-state index in [4.69, 9.17) is 4.74 Å². The Kier molecular flexibility index (Phi) is 10.6. The van der Waals surface area contributed by atoms with Gasteiger partial charge in [-0.2, -0.15) is 0 Å². The molecule has 142 valence electrons. The Morgan fingerprint density at radius 3 is 2.28 bits per heavy atom. The first kappa shape index (κ1) is 20.8. The maximum absolute atomic E-state index is 5.89. The third-order valence-corrected chi connectivity index (χ3v) is 6.27. The van der Waals surface area contributed by atoms with Crippen molar-refractivity contribution in [1.82, 2.24) is 0 Å². The van der Waals surface area contributed by atoms with Gasteiger partial charge in [-0.15, -0.1) is 0 Å². The summed E-state index contributed by atoms with van der Waals surface area (Å²) in [4.78, 5) is 0. The first-order chi connectivity index (χ1) is 12.3. The third kappa shape index (κ3) is 8.15. The summed E-state index contributed by atoms with van der Waals surface area (Å²) in [7, 11) is 0. The summed E-state index contributed by atoms with van der Waals surface area (Å²) in [5.41, 5.74) is 1.52. The second-order valence-electron chi connectivity index (χ2n) is 7.73. The van der Waals surface area contributed by atoms with Crippen LogP contribution in [0.2, 0.25) is 0 Å². The van der Waals surface area contributed by atoms with Crippen molar-refractivity contribution in [3.8, 4) is 5.75 Å². The van der Waals surface area contributed by atoms with E-state index in [1.807, 2.05) is 0 Å². The third-order valence-electron chi connectivity index (χ3n) is 5.71. The zero-order chi connectivity index (χ0) is 17.7. The lowest BCUT2D eigenvalue weighted by atomic mass is 9.77. The minimum Gasteiger partial charge on any atom is -0.494 e. The molecule has 1 saturated carbocycles. The van der Waals surface area contributed by atoms with Crippen molar-refractivity contribution < 1.29 is 4.74 Å². The standard InChI is InChI=1S/C23H37BrO/c1-2-3-6-9-20-10-12-21(13-11-20)22-14-16-23(17-15-22)25-19-8-5-4-7-18-24/h14-17,20-21H,2-13,18-19H2,1H3. The second-order valence-corrected chi connectivity index (χ2v) is 8.53. The van der Waals surface area contributed by atoms with Crippen molar-refractivity contribution >= 4 is 15.9 Å². The van der Waals surface area contributed by atoms with Crippen LogP contribution < -0.4 is 4.74 Å². The van der Waals surface area contributed by atoms with Crippen molar-refractivity contribution in [2.45, 2.75) is 89.9 Å². The Labute approximate surface area is 164 Å². The van der Waals surface area contributed by atoms with E-state index >= 15 is 0 Å². The van der Waals surface area contributed by atoms with Crippen LogP contribution in [0.15, 0.2) is 24.3 Å². The molecule has 0 atom stereocenters. The Bertz CT molecular complexity index is 434. The van der Waals surface area contributed by atoms with E-state index in [1.165, 1.54) is 76.2 Å². The van der Waals surface area contributed by atoms with Crippen LogP contribution in [0, 0.1) is 5.92 Å². The van der Waals surface area contributed by atoms with Gasteiger partial charge in [0.25, 0.3) is 0 Å². The molecule has 0 unspecified atom stereocenters. The Hall–Kier alpha value is -0.500. The molecule has 25 heavy (non-hydrogen) atoms. The summed E-state index contributed by atoms with van der Waals surface area (Å²) in [6, 6.07) is 8.98. The van der Waals surface area contributed by atoms with E-state index in [-0.39, 0.29) is 0 Å². The highest BCUT2D eigenvalue weighted by molar-refractivity contribution is 9.09. The van der Waals surface area contributed by atoms with Gasteiger partial charge in [0.2, 0.25) is 0 Å². The van der Waals surface area contributed by atoms with Crippen LogP contribution >= 0.6 is 15.9 Å². The highest BCUT2D eigenvalue weighted by Crippen LogP contribution is 2.38. The van der Waals surface area contributed by atoms with Crippen molar-refractivity contribution in [3.63, 3.8) is 0 Å². The Morgan fingerprint density at radius 1 is 0.880 bits per heavy atom. The molecule has 1 nitrogen and oxygen atoms in total. The average molecular weight is 409 g/mol. The fourth-order valence-corrected chi connectivity index (χ4v) is 4.44. The van der Waals surface area contributed by atoms with Crippen molar-refractivity contribution in [3.05, 3.63) is 29.8 Å². The van der Waals surface area contributed by atoms with E-state index < -0.39 is 0 Å². The smallest absolute Gasteiger partial charge is 0.119 e. The van der Waals surface area contributed by atoms with Crippen LogP contribution in [0.4, 0.5) is 0 Å². The second kappa shape index (κ2) is 12.8. The van der Waals surface area contributed by atoms with E-state index in [0.717, 1.165) is 35.9 Å². The lowest BCUT2D eigenvalue weighted by molar-refractivity contribution is 0.300. The average Bonchev–Trinajstić information content (AvgIpc) is 2.66. The summed E-state index contributed by atoms with van der Waals surface area (Å²) in [6.07, 6.45) is 16.3. The highest BCUT2D eigenvalue weighted by atomic mass is 79.9. The zero-order valence-electron chi connectivity index (χ0n) is 16.1. The Morgan fingerprint density at radius 2 is 1.60 bits per heavy atom. The first-order valence-corrected chi connectivity index (χ1v) is 11.7. The number of hydrogen-bond acceptors (Lipinski definition) is 1. The SMILES string of the molecule is CCCCCC1CCC(c2ccc(OCCCCCCBr)cc2)CC1. The van der Waals surface area contributed by atoms with Crippen LogP contribution in [0.1, 0.15) is 95.5 Å². The van der Waals surface area contributed by atoms with E-state index in [2.05, 4.69) is 47.1 Å². The van der Waals surface area contributed by atoms with Gasteiger partial charge in [-0.05, 0) is 68.1 Å². The molecule has 2 rings (SSSR count). The summed E-state index contributed by atoms with van der Waals surface area (Å²) in [5.74, 6) is 2.81. The molecule has 0 heterocycles. The highest BCUT2D eigenvalue weighted by Gasteiger charge is 2.21. The molecule has 0 aliphatic heterocycles. The maximum atomic E-state index is 5.89. The number of benzene rings is 1. The number of hydrogen-bond donors (Lipinski definition) is 0. The van der Waals surface area contributed by atoms with Gasteiger partial charge in [-0.25, -0.2) is 0 Å². The van der Waals surface area contributed by atoms with Crippen LogP contribution in [-0.2, 0) is 0 Å². The molecule has 1 aliphatic carbocycles. The van der Waals surface area contributed by atoms with Crippen LogP contribution in [0.3, 0.4) is 0 Å². The first-order valence-electron chi connectivity index (χ1n) is 10.6. The predicted octanol–water partition coefficient (Wildman–Crippen LogP) is 7.87. The summed E-state index contributed by atoms with van der Waals surface area (Å²) in [6.45, 7) is 3.15. The Balaban J connectivity index is 1.65. The van der Waals surface area contributed by atoms with Crippen LogP contribution in [-0.4, -0.2) is 11.9 Å². The summed E-state index contributed by atoms with van der Waals surface area (Å²) >= 11 is 3.48. The molecule has 1 fully saturated rings. The lowest BCUT2D eigenvalue weighted by Crippen LogP contribution is -2.13. The van der Waals surface area contributed by atoms with E-state index in [1.54, 1.807) is 0 Å². The minimum absolute atomic E-state index is 0.778. The fraction of sp³-hybridized carbons (Fsp3) is 0.739. The monoisotopic (exact) mass is 408 g/mol. The normalized spacial score (nSPS) is 20.6.